The number of hydrogen-bond donors (Lipinski definition) is 0. The van der Waals surface area contributed by atoms with Crippen LogP contribution in [0.5, 0.6) is 0 Å². The quantitative estimate of drug-likeness (QED) is 0.465. The van der Waals surface area contributed by atoms with E-state index >= 15 is 0 Å². The molecule has 8 heteroatoms. The number of nitrogens with zero attached hydrogens (tertiary/aromatic N) is 4. The van der Waals surface area contributed by atoms with Gasteiger partial charge in [-0.3, -0.25) is 4.68 Å². The zero-order valence-corrected chi connectivity index (χ0v) is 18.5. The van der Waals surface area contributed by atoms with Crippen molar-refractivity contribution in [3.8, 4) is 11.3 Å². The first-order chi connectivity index (χ1) is 12.1. The summed E-state index contributed by atoms with van der Waals surface area (Å²) in [6.45, 7) is 12.2. The molecule has 1 aliphatic rings. The molecule has 3 rings (SSSR count). The number of fused-ring (bicyclic) bond motifs is 1. The Labute approximate surface area is 166 Å². The normalized spacial score (nSPS) is 18.5. The van der Waals surface area contributed by atoms with E-state index < -0.39 is 8.32 Å². The molecule has 1 aliphatic heterocycles. The van der Waals surface area contributed by atoms with E-state index in [0.29, 0.717) is 10.7 Å². The predicted molar refractivity (Wildman–Crippen MR) is 108 cm³/mol. The maximum Gasteiger partial charge on any atom is 0.222 e. The van der Waals surface area contributed by atoms with Crippen molar-refractivity contribution in [1.29, 1.82) is 0 Å². The second-order valence-corrected chi connectivity index (χ2v) is 13.9. The molecule has 0 fully saturated rings. The largest absolute Gasteiger partial charge is 0.408 e. The molecule has 2 aromatic rings. The first-order valence-corrected chi connectivity index (χ1v) is 12.7. The second-order valence-electron chi connectivity index (χ2n) is 8.36. The summed E-state index contributed by atoms with van der Waals surface area (Å²) in [5, 5.41) is 5.39. The number of hydrogen-bond acceptors (Lipinski definition) is 4. The van der Waals surface area contributed by atoms with Gasteiger partial charge in [0.2, 0.25) is 5.28 Å². The Morgan fingerprint density at radius 2 is 1.92 bits per heavy atom. The number of aromatic nitrogens is 4. The van der Waals surface area contributed by atoms with Crippen molar-refractivity contribution in [2.75, 3.05) is 0 Å². The van der Waals surface area contributed by atoms with Crippen LogP contribution in [-0.4, -0.2) is 28.1 Å². The molecule has 0 bridgehead atoms. The fraction of sp³-hybridized carbons (Fsp3) is 0.611. The van der Waals surface area contributed by atoms with Gasteiger partial charge in [-0.1, -0.05) is 32.4 Å². The van der Waals surface area contributed by atoms with Crippen LogP contribution in [0.25, 0.3) is 11.3 Å². The summed E-state index contributed by atoms with van der Waals surface area (Å²) in [6, 6.07) is 0. The minimum Gasteiger partial charge on any atom is -0.408 e. The Balaban J connectivity index is 2.07. The maximum atomic E-state index is 6.80. The summed E-state index contributed by atoms with van der Waals surface area (Å²) in [6.07, 6.45) is 6.52. The van der Waals surface area contributed by atoms with Gasteiger partial charge in [0.25, 0.3) is 0 Å². The van der Waals surface area contributed by atoms with Crippen molar-refractivity contribution in [3.63, 3.8) is 0 Å². The van der Waals surface area contributed by atoms with Crippen LogP contribution < -0.4 is 0 Å². The molecule has 0 spiro atoms. The van der Waals surface area contributed by atoms with Gasteiger partial charge >= 0.3 is 0 Å². The predicted octanol–water partition coefficient (Wildman–Crippen LogP) is 5.89. The van der Waals surface area contributed by atoms with E-state index in [2.05, 4.69) is 48.9 Å². The SMILES string of the molecule is CC(C)(C)[Si](C)(C)OC1CCCCn2ncc(-c3nc(Cl)ncc3Cl)c21. The summed E-state index contributed by atoms with van der Waals surface area (Å²) >= 11 is 12.4. The fourth-order valence-corrected chi connectivity index (χ4v) is 4.63. The molecule has 1 unspecified atom stereocenters. The lowest BCUT2D eigenvalue weighted by atomic mass is 10.1. The first kappa shape index (κ1) is 19.8. The second kappa shape index (κ2) is 7.22. The molecule has 0 amide bonds. The van der Waals surface area contributed by atoms with Crippen molar-refractivity contribution < 1.29 is 4.43 Å². The molecule has 0 saturated heterocycles. The van der Waals surface area contributed by atoms with Crippen LogP contribution in [0.1, 0.15) is 51.8 Å². The highest BCUT2D eigenvalue weighted by Crippen LogP contribution is 2.44. The van der Waals surface area contributed by atoms with Crippen LogP contribution in [-0.2, 0) is 11.0 Å². The van der Waals surface area contributed by atoms with Gasteiger partial charge in [0, 0.05) is 12.1 Å². The Kier molecular flexibility index (Phi) is 5.50. The van der Waals surface area contributed by atoms with Gasteiger partial charge in [-0.25, -0.2) is 9.97 Å². The van der Waals surface area contributed by atoms with E-state index in [0.717, 1.165) is 37.1 Å². The van der Waals surface area contributed by atoms with E-state index in [-0.39, 0.29) is 16.4 Å². The van der Waals surface area contributed by atoms with Crippen LogP contribution in [0.3, 0.4) is 0 Å². The lowest BCUT2D eigenvalue weighted by molar-refractivity contribution is 0.168. The lowest BCUT2D eigenvalue weighted by Gasteiger charge is -2.39. The van der Waals surface area contributed by atoms with Crippen LogP contribution in [0.4, 0.5) is 0 Å². The van der Waals surface area contributed by atoms with Gasteiger partial charge in [0.05, 0.1) is 34.9 Å². The monoisotopic (exact) mass is 412 g/mol. The molecule has 2 aromatic heterocycles. The summed E-state index contributed by atoms with van der Waals surface area (Å²) < 4.78 is 8.85. The van der Waals surface area contributed by atoms with Crippen molar-refractivity contribution >= 4 is 31.5 Å². The highest BCUT2D eigenvalue weighted by Gasteiger charge is 2.41. The Bertz CT molecular complexity index is 801. The standard InChI is InChI=1S/C18H26Cl2N4OSi/c1-18(2,3)26(4,5)25-14-8-6-7-9-24-16(14)12(10-22-24)15-13(19)11-21-17(20)23-15/h10-11,14H,6-9H2,1-5H3. The van der Waals surface area contributed by atoms with Crippen molar-refractivity contribution in [1.82, 2.24) is 19.7 Å². The zero-order valence-electron chi connectivity index (χ0n) is 16.0. The first-order valence-electron chi connectivity index (χ1n) is 9.02. The zero-order chi connectivity index (χ0) is 19.1. The number of rotatable bonds is 3. The Morgan fingerprint density at radius 1 is 1.19 bits per heavy atom. The Hall–Kier alpha value is -0.953. The van der Waals surface area contributed by atoms with Gasteiger partial charge in [-0.15, -0.1) is 0 Å². The maximum absolute atomic E-state index is 6.80. The average molecular weight is 413 g/mol. The van der Waals surface area contributed by atoms with Gasteiger partial charge in [-0.05, 0) is 49.0 Å². The molecule has 1 atom stereocenters. The van der Waals surface area contributed by atoms with Crippen LogP contribution in [0, 0.1) is 0 Å². The topological polar surface area (TPSA) is 52.8 Å². The van der Waals surface area contributed by atoms with E-state index in [9.17, 15) is 0 Å². The Morgan fingerprint density at radius 3 is 2.62 bits per heavy atom. The molecule has 0 radical (unpaired) electrons. The molecule has 0 N–H and O–H groups in total. The number of halogens is 2. The summed E-state index contributed by atoms with van der Waals surface area (Å²) in [7, 11) is -1.94. The van der Waals surface area contributed by atoms with Gasteiger partial charge in [0.1, 0.15) is 0 Å². The van der Waals surface area contributed by atoms with Gasteiger partial charge in [-0.2, -0.15) is 5.10 Å². The lowest BCUT2D eigenvalue weighted by Crippen LogP contribution is -2.42. The smallest absolute Gasteiger partial charge is 0.222 e. The van der Waals surface area contributed by atoms with Gasteiger partial charge < -0.3 is 4.43 Å². The van der Waals surface area contributed by atoms with Crippen LogP contribution >= 0.6 is 23.2 Å². The van der Waals surface area contributed by atoms with E-state index in [1.54, 1.807) is 0 Å². The molecule has 26 heavy (non-hydrogen) atoms. The van der Waals surface area contributed by atoms with Crippen molar-refractivity contribution in [2.45, 2.75) is 70.8 Å². The molecular weight excluding hydrogens is 387 g/mol. The molecule has 142 valence electrons. The minimum absolute atomic E-state index is 0.0132. The third-order valence-electron chi connectivity index (χ3n) is 5.48. The van der Waals surface area contributed by atoms with E-state index in [1.165, 1.54) is 6.20 Å². The fourth-order valence-electron chi connectivity index (χ4n) is 3.00. The van der Waals surface area contributed by atoms with Crippen LogP contribution in [0.15, 0.2) is 12.4 Å². The summed E-state index contributed by atoms with van der Waals surface area (Å²) in [5.41, 5.74) is 2.58. The highest BCUT2D eigenvalue weighted by molar-refractivity contribution is 6.74. The van der Waals surface area contributed by atoms with E-state index in [4.69, 9.17) is 27.6 Å². The molecule has 5 nitrogen and oxygen atoms in total. The van der Waals surface area contributed by atoms with Crippen LogP contribution in [0.2, 0.25) is 28.4 Å². The molecule has 0 saturated carbocycles. The number of aryl methyl sites for hydroxylation is 1. The average Bonchev–Trinajstić information content (AvgIpc) is 2.85. The third-order valence-corrected chi connectivity index (χ3v) is 10.4. The molecule has 0 aliphatic carbocycles. The van der Waals surface area contributed by atoms with Crippen molar-refractivity contribution in [3.05, 3.63) is 28.4 Å². The minimum atomic E-state index is -1.94. The van der Waals surface area contributed by atoms with Crippen molar-refractivity contribution in [2.24, 2.45) is 0 Å². The third kappa shape index (κ3) is 3.83. The molecule has 0 aromatic carbocycles. The highest BCUT2D eigenvalue weighted by atomic mass is 35.5. The molecular formula is C18H26Cl2N4OSi. The molecule has 3 heterocycles. The summed E-state index contributed by atoms with van der Waals surface area (Å²) in [5.74, 6) is 0. The summed E-state index contributed by atoms with van der Waals surface area (Å²) in [4.78, 5) is 8.32. The van der Waals surface area contributed by atoms with E-state index in [1.807, 2.05) is 10.9 Å². The van der Waals surface area contributed by atoms with Gasteiger partial charge in [0.15, 0.2) is 8.32 Å².